The van der Waals surface area contributed by atoms with Gasteiger partial charge in [-0.1, -0.05) is 25.6 Å². The first kappa shape index (κ1) is 12.0. The van der Waals surface area contributed by atoms with Gasteiger partial charge in [0.15, 0.2) is 4.34 Å². The molecule has 0 bridgehead atoms. The Morgan fingerprint density at radius 1 is 1.71 bits per heavy atom. The maximum Gasteiger partial charge on any atom is 0.317 e. The molecule has 0 radical (unpaired) electrons. The zero-order valence-electron chi connectivity index (χ0n) is 7.73. The van der Waals surface area contributed by atoms with Crippen molar-refractivity contribution in [3.63, 3.8) is 0 Å². The highest BCUT2D eigenvalue weighted by Gasteiger charge is 2.23. The number of carboxylic acid groups (broad SMARTS) is 1. The van der Waals surface area contributed by atoms with Gasteiger partial charge < -0.3 is 5.11 Å². The first-order valence-corrected chi connectivity index (χ1v) is 6.56. The molecule has 14 heavy (non-hydrogen) atoms. The van der Waals surface area contributed by atoms with Crippen LogP contribution >= 0.6 is 39.0 Å². The van der Waals surface area contributed by atoms with E-state index in [1.807, 2.05) is 19.2 Å². The number of aliphatic carboxylic acids is 1. The van der Waals surface area contributed by atoms with E-state index in [1.54, 1.807) is 0 Å². The van der Waals surface area contributed by atoms with Gasteiger partial charge in [0.1, 0.15) is 9.85 Å². The largest absolute Gasteiger partial charge is 0.480 e. The summed E-state index contributed by atoms with van der Waals surface area (Å²) in [6, 6.07) is 0. The Labute approximate surface area is 99.1 Å². The van der Waals surface area contributed by atoms with E-state index in [-0.39, 0.29) is 5.92 Å². The lowest BCUT2D eigenvalue weighted by atomic mass is 10.1. The maximum atomic E-state index is 10.9. The maximum absolute atomic E-state index is 10.9. The highest BCUT2D eigenvalue weighted by molar-refractivity contribution is 9.10. The van der Waals surface area contributed by atoms with Crippen molar-refractivity contribution in [2.75, 3.05) is 0 Å². The fraction of sp³-hybridized carbons (Fsp3) is 0.500. The van der Waals surface area contributed by atoms with Crippen LogP contribution in [0.5, 0.6) is 0 Å². The molecular formula is C8H10BrNO2S2. The minimum Gasteiger partial charge on any atom is -0.480 e. The van der Waals surface area contributed by atoms with Gasteiger partial charge in [0.2, 0.25) is 0 Å². The van der Waals surface area contributed by atoms with Crippen LogP contribution in [0.25, 0.3) is 0 Å². The molecule has 1 aromatic rings. The van der Waals surface area contributed by atoms with Crippen LogP contribution in [0.3, 0.4) is 0 Å². The monoisotopic (exact) mass is 295 g/mol. The van der Waals surface area contributed by atoms with E-state index in [0.29, 0.717) is 0 Å². The van der Waals surface area contributed by atoms with Crippen LogP contribution in [0.4, 0.5) is 0 Å². The van der Waals surface area contributed by atoms with Gasteiger partial charge in [-0.15, -0.1) is 11.3 Å². The quantitative estimate of drug-likeness (QED) is 0.867. The number of carboxylic acids is 1. The van der Waals surface area contributed by atoms with Gasteiger partial charge in [-0.25, -0.2) is 4.98 Å². The summed E-state index contributed by atoms with van der Waals surface area (Å²) in [7, 11) is 0. The van der Waals surface area contributed by atoms with Crippen molar-refractivity contribution in [2.45, 2.75) is 23.4 Å². The van der Waals surface area contributed by atoms with Crippen LogP contribution < -0.4 is 0 Å². The standard InChI is InChI=1S/C8H10BrNO2S2/c1-4(2)6(7(11)12)14-8-10-5(9)3-13-8/h3-4,6H,1-2H3,(H,11,12). The summed E-state index contributed by atoms with van der Waals surface area (Å²) in [5.41, 5.74) is 0. The molecule has 6 heteroatoms. The average molecular weight is 296 g/mol. The summed E-state index contributed by atoms with van der Waals surface area (Å²) in [6.45, 7) is 3.79. The lowest BCUT2D eigenvalue weighted by Gasteiger charge is -2.13. The van der Waals surface area contributed by atoms with Crippen molar-refractivity contribution in [3.8, 4) is 0 Å². The molecule has 0 amide bonds. The third-order valence-corrected chi connectivity index (χ3v) is 4.75. The Balaban J connectivity index is 2.69. The number of hydrogen-bond donors (Lipinski definition) is 1. The Bertz CT molecular complexity index is 327. The highest BCUT2D eigenvalue weighted by Crippen LogP contribution is 2.31. The van der Waals surface area contributed by atoms with Gasteiger partial charge in [0.25, 0.3) is 0 Å². The Morgan fingerprint density at radius 2 is 2.36 bits per heavy atom. The molecule has 0 aliphatic carbocycles. The van der Waals surface area contributed by atoms with Gasteiger partial charge in [-0.3, -0.25) is 4.79 Å². The first-order chi connectivity index (χ1) is 6.50. The van der Waals surface area contributed by atoms with E-state index in [0.717, 1.165) is 8.94 Å². The van der Waals surface area contributed by atoms with E-state index < -0.39 is 11.2 Å². The Hall–Kier alpha value is -0.0700. The fourth-order valence-electron chi connectivity index (χ4n) is 0.873. The predicted octanol–water partition coefficient (Wildman–Crippen LogP) is 3.11. The van der Waals surface area contributed by atoms with E-state index >= 15 is 0 Å². The summed E-state index contributed by atoms with van der Waals surface area (Å²) in [5, 5.41) is 10.4. The molecule has 1 heterocycles. The van der Waals surface area contributed by atoms with Gasteiger partial charge in [0, 0.05) is 5.38 Å². The molecule has 0 aliphatic rings. The molecule has 3 nitrogen and oxygen atoms in total. The second-order valence-corrected chi connectivity index (χ2v) is 6.12. The van der Waals surface area contributed by atoms with Crippen LogP contribution in [-0.2, 0) is 4.79 Å². The molecule has 0 aromatic carbocycles. The van der Waals surface area contributed by atoms with Crippen LogP contribution in [0.15, 0.2) is 14.3 Å². The van der Waals surface area contributed by atoms with Gasteiger partial charge in [0.05, 0.1) is 0 Å². The number of thioether (sulfide) groups is 1. The van der Waals surface area contributed by atoms with Crippen molar-refractivity contribution < 1.29 is 9.90 Å². The Morgan fingerprint density at radius 3 is 2.71 bits per heavy atom. The first-order valence-electron chi connectivity index (χ1n) is 4.01. The molecule has 1 N–H and O–H groups in total. The fourth-order valence-corrected chi connectivity index (χ4v) is 3.39. The molecule has 1 rings (SSSR count). The number of nitrogens with zero attached hydrogens (tertiary/aromatic N) is 1. The summed E-state index contributed by atoms with van der Waals surface area (Å²) in [4.78, 5) is 15.0. The molecular weight excluding hydrogens is 286 g/mol. The third kappa shape index (κ3) is 3.25. The van der Waals surface area contributed by atoms with Crippen molar-refractivity contribution in [1.29, 1.82) is 0 Å². The van der Waals surface area contributed by atoms with Crippen LogP contribution in [0.1, 0.15) is 13.8 Å². The number of thiazole rings is 1. The minimum atomic E-state index is -0.781. The zero-order valence-corrected chi connectivity index (χ0v) is 10.9. The molecule has 0 saturated carbocycles. The van der Waals surface area contributed by atoms with Crippen molar-refractivity contribution >= 4 is 45.0 Å². The number of halogens is 1. The normalized spacial score (nSPS) is 13.1. The zero-order chi connectivity index (χ0) is 10.7. The SMILES string of the molecule is CC(C)C(Sc1nc(Br)cs1)C(=O)O. The second-order valence-electron chi connectivity index (χ2n) is 3.06. The van der Waals surface area contributed by atoms with Crippen LogP contribution in [-0.4, -0.2) is 21.3 Å². The second kappa shape index (κ2) is 5.14. The molecule has 78 valence electrons. The predicted molar refractivity (Wildman–Crippen MR) is 61.9 cm³/mol. The molecule has 0 saturated heterocycles. The summed E-state index contributed by atoms with van der Waals surface area (Å²) < 4.78 is 1.55. The van der Waals surface area contributed by atoms with Crippen molar-refractivity contribution in [3.05, 3.63) is 9.98 Å². The lowest BCUT2D eigenvalue weighted by Crippen LogP contribution is -2.22. The summed E-state index contributed by atoms with van der Waals surface area (Å²) >= 11 is 5.99. The van der Waals surface area contributed by atoms with Crippen molar-refractivity contribution in [2.24, 2.45) is 5.92 Å². The number of carbonyl (C=O) groups is 1. The van der Waals surface area contributed by atoms with Crippen molar-refractivity contribution in [1.82, 2.24) is 4.98 Å². The summed E-state index contributed by atoms with van der Waals surface area (Å²) in [5.74, 6) is -0.684. The molecule has 1 atom stereocenters. The van der Waals surface area contributed by atoms with E-state index in [4.69, 9.17) is 5.11 Å². The van der Waals surface area contributed by atoms with Gasteiger partial charge in [-0.05, 0) is 21.8 Å². The van der Waals surface area contributed by atoms with Crippen LogP contribution in [0, 0.1) is 5.92 Å². The molecule has 0 aliphatic heterocycles. The Kier molecular flexibility index (Phi) is 4.40. The van der Waals surface area contributed by atoms with E-state index in [1.165, 1.54) is 23.1 Å². The molecule has 0 spiro atoms. The van der Waals surface area contributed by atoms with Gasteiger partial charge in [-0.2, -0.15) is 0 Å². The third-order valence-electron chi connectivity index (χ3n) is 1.53. The topological polar surface area (TPSA) is 50.2 Å². The average Bonchev–Trinajstić information content (AvgIpc) is 2.46. The lowest BCUT2D eigenvalue weighted by molar-refractivity contribution is -0.137. The molecule has 1 unspecified atom stereocenters. The van der Waals surface area contributed by atoms with Gasteiger partial charge >= 0.3 is 5.97 Å². The summed E-state index contributed by atoms with van der Waals surface area (Å²) in [6.07, 6.45) is 0. The number of hydrogen-bond acceptors (Lipinski definition) is 4. The molecule has 1 aromatic heterocycles. The number of rotatable bonds is 4. The number of aromatic nitrogens is 1. The highest BCUT2D eigenvalue weighted by atomic mass is 79.9. The van der Waals surface area contributed by atoms with E-state index in [2.05, 4.69) is 20.9 Å². The minimum absolute atomic E-state index is 0.0974. The van der Waals surface area contributed by atoms with Crippen LogP contribution in [0.2, 0.25) is 0 Å². The molecule has 0 fully saturated rings. The van der Waals surface area contributed by atoms with E-state index in [9.17, 15) is 4.79 Å². The smallest absolute Gasteiger partial charge is 0.317 e.